The van der Waals surface area contributed by atoms with Crippen LogP contribution in [0.4, 0.5) is 0 Å². The number of methoxy groups -OCH3 is 1. The molecule has 2 N–H and O–H groups in total. The highest BCUT2D eigenvalue weighted by Crippen LogP contribution is 2.27. The Kier molecular flexibility index (Phi) is 8.68. The normalized spacial score (nSPS) is 19.1. The summed E-state index contributed by atoms with van der Waals surface area (Å²) in [4.78, 5) is 32.3. The van der Waals surface area contributed by atoms with E-state index in [2.05, 4.69) is 15.3 Å². The number of halogens is 2. The van der Waals surface area contributed by atoms with Gasteiger partial charge in [-0.2, -0.15) is 4.98 Å². The summed E-state index contributed by atoms with van der Waals surface area (Å²) < 4.78 is 10.7. The molecule has 2 aliphatic carbocycles. The molecule has 0 aliphatic heterocycles. The van der Waals surface area contributed by atoms with Gasteiger partial charge in [0.25, 0.3) is 5.91 Å². The van der Waals surface area contributed by atoms with E-state index in [1.54, 1.807) is 30.5 Å². The molecule has 0 saturated heterocycles. The van der Waals surface area contributed by atoms with Gasteiger partial charge < -0.3 is 19.9 Å². The fourth-order valence-electron chi connectivity index (χ4n) is 3.18. The number of carboxylic acid groups (broad SMARTS) is 1. The first-order valence-corrected chi connectivity index (χ1v) is 11.0. The second-order valence-electron chi connectivity index (χ2n) is 7.23. The quantitative estimate of drug-likeness (QED) is 0.501. The third-order valence-electron chi connectivity index (χ3n) is 4.91. The van der Waals surface area contributed by atoms with Gasteiger partial charge in [-0.05, 0) is 37.0 Å². The fourth-order valence-corrected chi connectivity index (χ4v) is 3.86. The topological polar surface area (TPSA) is 111 Å². The highest BCUT2D eigenvalue weighted by Gasteiger charge is 2.27. The summed E-state index contributed by atoms with van der Waals surface area (Å²) in [6, 6.07) is 0.726. The maximum Gasteiger partial charge on any atom is 0.326 e. The Hall–Kier alpha value is -3.10. The van der Waals surface area contributed by atoms with Crippen LogP contribution >= 0.6 is 23.2 Å². The molecule has 1 aromatic rings. The van der Waals surface area contributed by atoms with Crippen molar-refractivity contribution in [3.63, 3.8) is 0 Å². The van der Waals surface area contributed by atoms with E-state index < -0.39 is 23.3 Å². The molecule has 2 atom stereocenters. The Morgan fingerprint density at radius 3 is 2.85 bits per heavy atom. The third-order valence-corrected chi connectivity index (χ3v) is 5.64. The zero-order valence-electron chi connectivity index (χ0n) is 17.8. The van der Waals surface area contributed by atoms with Crippen LogP contribution in [0.15, 0.2) is 70.7 Å². The molecule has 0 saturated carbocycles. The van der Waals surface area contributed by atoms with Crippen molar-refractivity contribution in [2.24, 2.45) is 0 Å². The molecular formula is C23H23Cl2N3O5. The Bertz CT molecular complexity index is 1060. The van der Waals surface area contributed by atoms with Gasteiger partial charge >= 0.3 is 12.0 Å². The van der Waals surface area contributed by atoms with Crippen LogP contribution in [-0.4, -0.2) is 45.5 Å². The molecule has 0 fully saturated rings. The van der Waals surface area contributed by atoms with Crippen LogP contribution in [-0.2, 0) is 9.59 Å². The van der Waals surface area contributed by atoms with Gasteiger partial charge in [0.05, 0.1) is 23.1 Å². The summed E-state index contributed by atoms with van der Waals surface area (Å²) in [6.45, 7) is 0. The molecule has 1 amide bonds. The molecule has 2 unspecified atom stereocenters. The summed E-state index contributed by atoms with van der Waals surface area (Å²) >= 11 is 12.2. The Labute approximate surface area is 201 Å². The fraction of sp³-hybridized carbons (Fsp3) is 0.304. The van der Waals surface area contributed by atoms with Gasteiger partial charge in [0, 0.05) is 18.7 Å². The molecule has 1 aromatic heterocycles. The minimum Gasteiger partial charge on any atom is -0.481 e. The zero-order valence-corrected chi connectivity index (χ0v) is 19.3. The lowest BCUT2D eigenvalue weighted by molar-refractivity contribution is -0.141. The van der Waals surface area contributed by atoms with Gasteiger partial charge in [0.2, 0.25) is 5.88 Å². The van der Waals surface area contributed by atoms with Gasteiger partial charge in [-0.1, -0.05) is 35.9 Å². The first-order valence-electron chi connectivity index (χ1n) is 10.2. The number of aromatic nitrogens is 2. The van der Waals surface area contributed by atoms with Gasteiger partial charge in [0.1, 0.15) is 11.8 Å². The lowest BCUT2D eigenvalue weighted by atomic mass is 10.0. The summed E-state index contributed by atoms with van der Waals surface area (Å²) in [7, 11) is 1.52. The summed E-state index contributed by atoms with van der Waals surface area (Å²) in [5.41, 5.74) is 1.18. The van der Waals surface area contributed by atoms with Crippen molar-refractivity contribution in [3.05, 3.63) is 70.7 Å². The number of amides is 1. The average Bonchev–Trinajstić information content (AvgIpc) is 2.79. The van der Waals surface area contributed by atoms with Gasteiger partial charge in [-0.25, -0.2) is 9.78 Å². The van der Waals surface area contributed by atoms with Crippen molar-refractivity contribution >= 4 is 35.1 Å². The highest BCUT2D eigenvalue weighted by atomic mass is 35.5. The average molecular weight is 492 g/mol. The number of aliphatic carboxylic acids is 1. The number of hydrogen-bond donors (Lipinski definition) is 2. The molecule has 0 radical (unpaired) electrons. The van der Waals surface area contributed by atoms with Crippen LogP contribution < -0.4 is 14.8 Å². The lowest BCUT2D eigenvalue weighted by Crippen LogP contribution is -2.42. The van der Waals surface area contributed by atoms with E-state index in [-0.39, 0.29) is 23.0 Å². The predicted octanol–water partition coefficient (Wildman–Crippen LogP) is 4.04. The van der Waals surface area contributed by atoms with Crippen LogP contribution in [0.1, 0.15) is 25.7 Å². The number of rotatable bonds is 9. The molecule has 8 nitrogen and oxygen atoms in total. The maximum atomic E-state index is 12.5. The largest absolute Gasteiger partial charge is 0.481 e. The van der Waals surface area contributed by atoms with Crippen LogP contribution in [0.2, 0.25) is 0 Å². The first-order chi connectivity index (χ1) is 15.9. The number of alkyl halides is 1. The predicted molar refractivity (Wildman–Crippen MR) is 124 cm³/mol. The number of hydrogen-bond acceptors (Lipinski definition) is 6. The molecule has 1 heterocycles. The van der Waals surface area contributed by atoms with E-state index in [1.807, 2.05) is 18.2 Å². The first kappa shape index (κ1) is 24.5. The summed E-state index contributed by atoms with van der Waals surface area (Å²) in [5.74, 6) is -0.602. The van der Waals surface area contributed by atoms with Gasteiger partial charge in [0.15, 0.2) is 0 Å². The number of carbonyl (C=O) groups excluding carboxylic acids is 1. The van der Waals surface area contributed by atoms with Crippen LogP contribution in [0, 0.1) is 0 Å². The number of nitrogens with one attached hydrogen (secondary N) is 1. The van der Waals surface area contributed by atoms with Crippen LogP contribution in [0.5, 0.6) is 11.9 Å². The van der Waals surface area contributed by atoms with Crippen molar-refractivity contribution in [1.82, 2.24) is 15.3 Å². The van der Waals surface area contributed by atoms with E-state index in [9.17, 15) is 14.7 Å². The third kappa shape index (κ3) is 6.94. The van der Waals surface area contributed by atoms with Crippen molar-refractivity contribution in [1.29, 1.82) is 0 Å². The number of carbonyl (C=O) groups is 2. The molecule has 33 heavy (non-hydrogen) atoms. The second-order valence-corrected chi connectivity index (χ2v) is 8.16. The van der Waals surface area contributed by atoms with Crippen molar-refractivity contribution in [2.45, 2.75) is 37.1 Å². The van der Waals surface area contributed by atoms with Crippen molar-refractivity contribution < 1.29 is 24.2 Å². The highest BCUT2D eigenvalue weighted by molar-refractivity contribution is 6.36. The Morgan fingerprint density at radius 2 is 2.18 bits per heavy atom. The Morgan fingerprint density at radius 1 is 1.36 bits per heavy atom. The van der Waals surface area contributed by atoms with Crippen LogP contribution in [0.3, 0.4) is 0 Å². The Balaban J connectivity index is 1.57. The molecular weight excluding hydrogens is 469 g/mol. The van der Waals surface area contributed by atoms with Gasteiger partial charge in [-0.15, -0.1) is 11.6 Å². The lowest BCUT2D eigenvalue weighted by Gasteiger charge is -2.19. The number of carboxylic acids is 1. The zero-order chi connectivity index (χ0) is 23.8. The molecule has 0 spiro atoms. The van der Waals surface area contributed by atoms with E-state index in [0.717, 1.165) is 5.57 Å². The molecule has 2 aliphatic rings. The molecule has 0 aromatic carbocycles. The maximum absolute atomic E-state index is 12.5. The van der Waals surface area contributed by atoms with Gasteiger partial charge in [-0.3, -0.25) is 4.79 Å². The molecule has 0 bridgehead atoms. The minimum atomic E-state index is -1.14. The van der Waals surface area contributed by atoms with Crippen LogP contribution in [0.25, 0.3) is 0 Å². The van der Waals surface area contributed by atoms with E-state index >= 15 is 0 Å². The second kappa shape index (κ2) is 11.7. The molecule has 10 heteroatoms. The standard InChI is InChI=1S/C23H23Cl2N3O5/c1-32-19-12-13-26-23(28-19)33-15-10-8-14(9-11-15)4-2-7-18(22(30)31)27-21(29)20-16(24)5-3-6-17(20)25/h2-5,8,10,12-13,17-18H,6-7,9,11H2,1H3,(H,27,29)(H,30,31)/b4-2+. The monoisotopic (exact) mass is 491 g/mol. The SMILES string of the molecule is COc1ccnc(OC2=CC=C(/C=C/CC(NC(=O)C3=C(Cl)C=CCC3Cl)C(=O)O)CC2)n1. The van der Waals surface area contributed by atoms with Crippen molar-refractivity contribution in [3.8, 4) is 11.9 Å². The number of ether oxygens (including phenoxy) is 2. The minimum absolute atomic E-state index is 0.108. The number of nitrogens with zero attached hydrogens (tertiary/aromatic N) is 2. The summed E-state index contributed by atoms with van der Waals surface area (Å²) in [6.07, 6.45) is 14.0. The van der Waals surface area contributed by atoms with E-state index in [0.29, 0.717) is 30.9 Å². The molecule has 174 valence electrons. The van der Waals surface area contributed by atoms with Crippen molar-refractivity contribution in [2.75, 3.05) is 7.11 Å². The van der Waals surface area contributed by atoms with E-state index in [4.69, 9.17) is 32.7 Å². The van der Waals surface area contributed by atoms with E-state index in [1.165, 1.54) is 7.11 Å². The number of allylic oxidation sites excluding steroid dienone is 8. The smallest absolute Gasteiger partial charge is 0.326 e. The summed E-state index contributed by atoms with van der Waals surface area (Å²) in [5, 5.41) is 11.6. The molecule has 3 rings (SSSR count).